The first-order valence-corrected chi connectivity index (χ1v) is 12.7. The topological polar surface area (TPSA) is 141 Å². The summed E-state index contributed by atoms with van der Waals surface area (Å²) in [6, 6.07) is 1.49. The van der Waals surface area contributed by atoms with Gasteiger partial charge in [0.2, 0.25) is 5.88 Å². The van der Waals surface area contributed by atoms with Crippen LogP contribution in [0.3, 0.4) is 0 Å². The van der Waals surface area contributed by atoms with Crippen LogP contribution in [0.25, 0.3) is 0 Å². The van der Waals surface area contributed by atoms with E-state index in [-0.39, 0.29) is 29.8 Å². The number of methoxy groups -OCH3 is 1. The van der Waals surface area contributed by atoms with Gasteiger partial charge in [0.15, 0.2) is 15.5 Å². The molecule has 2 amide bonds. The number of amides is 2. The second-order valence-corrected chi connectivity index (χ2v) is 11.0. The summed E-state index contributed by atoms with van der Waals surface area (Å²) in [6.45, 7) is 2.32. The average molecular weight is 476 g/mol. The van der Waals surface area contributed by atoms with E-state index in [9.17, 15) is 14.1 Å². The van der Waals surface area contributed by atoms with E-state index in [0.717, 1.165) is 48.9 Å². The van der Waals surface area contributed by atoms with Gasteiger partial charge in [-0.05, 0) is 61.3 Å². The number of benzene rings is 1. The van der Waals surface area contributed by atoms with Crippen LogP contribution in [0, 0.1) is 0 Å². The van der Waals surface area contributed by atoms with Crippen LogP contribution in [0.2, 0.25) is 0 Å². The number of aryl methyl sites for hydroxylation is 2. The Balaban J connectivity index is 1.48. The van der Waals surface area contributed by atoms with Crippen molar-refractivity contribution in [1.29, 1.82) is 0 Å². The van der Waals surface area contributed by atoms with Crippen molar-refractivity contribution in [2.24, 2.45) is 9.50 Å². The number of rotatable bonds is 5. The SMILES string of the molecule is COC[C@@H]1CCc2cc3c(c(NC(=O)N=S(N)(=O)c4cnn5c4O[C@@](C)(CO)C5)c21)CCC3. The van der Waals surface area contributed by atoms with Gasteiger partial charge in [-0.1, -0.05) is 6.07 Å². The maximum absolute atomic E-state index is 13.3. The Hall–Kier alpha value is -2.47. The number of aliphatic hydroxyl groups excluding tert-OH is 1. The van der Waals surface area contributed by atoms with E-state index in [4.69, 9.17) is 14.6 Å². The van der Waals surface area contributed by atoms with Crippen LogP contribution in [0.5, 0.6) is 5.88 Å². The van der Waals surface area contributed by atoms with Gasteiger partial charge in [0, 0.05) is 18.7 Å². The molecule has 1 aromatic carbocycles. The number of nitrogens with two attached hydrogens (primary N) is 1. The third-order valence-corrected chi connectivity index (χ3v) is 8.10. The number of urea groups is 1. The monoisotopic (exact) mass is 475 g/mol. The Labute approximate surface area is 192 Å². The Morgan fingerprint density at radius 2 is 2.27 bits per heavy atom. The molecule has 0 saturated carbocycles. The molecule has 11 heteroatoms. The molecule has 0 radical (unpaired) electrons. The lowest BCUT2D eigenvalue weighted by Gasteiger charge is -2.20. The second kappa shape index (κ2) is 8.08. The number of ether oxygens (including phenoxy) is 2. The molecule has 33 heavy (non-hydrogen) atoms. The van der Waals surface area contributed by atoms with Crippen molar-refractivity contribution in [3.05, 3.63) is 34.5 Å². The van der Waals surface area contributed by atoms with Gasteiger partial charge in [-0.2, -0.15) is 5.10 Å². The molecular formula is C22H29N5O5S. The molecule has 1 aromatic heterocycles. The lowest BCUT2D eigenvalue weighted by Crippen LogP contribution is -2.35. The maximum Gasteiger partial charge on any atom is 0.354 e. The number of aliphatic hydroxyl groups is 1. The molecule has 5 rings (SSSR count). The first kappa shape index (κ1) is 22.3. The Kier molecular flexibility index (Phi) is 5.47. The number of nitrogens with zero attached hydrogens (tertiary/aromatic N) is 3. The first-order chi connectivity index (χ1) is 15.7. The highest BCUT2D eigenvalue weighted by atomic mass is 32.2. The van der Waals surface area contributed by atoms with Gasteiger partial charge in [0.05, 0.1) is 26.0 Å². The molecule has 0 bridgehead atoms. The molecule has 0 fully saturated rings. The molecular weight excluding hydrogens is 446 g/mol. The van der Waals surface area contributed by atoms with Gasteiger partial charge in [0.25, 0.3) is 0 Å². The first-order valence-electron chi connectivity index (χ1n) is 11.1. The summed E-state index contributed by atoms with van der Waals surface area (Å²) in [5.74, 6) is 0.356. The largest absolute Gasteiger partial charge is 0.466 e. The van der Waals surface area contributed by atoms with E-state index in [1.54, 1.807) is 14.0 Å². The number of aromatic nitrogens is 2. The number of fused-ring (bicyclic) bond motifs is 3. The molecule has 1 aliphatic heterocycles. The van der Waals surface area contributed by atoms with Crippen molar-refractivity contribution in [2.45, 2.75) is 62.0 Å². The fourth-order valence-electron chi connectivity index (χ4n) is 5.22. The van der Waals surface area contributed by atoms with Gasteiger partial charge < -0.3 is 19.9 Å². The van der Waals surface area contributed by atoms with Crippen LogP contribution in [0.4, 0.5) is 10.5 Å². The molecule has 2 aromatic rings. The van der Waals surface area contributed by atoms with Gasteiger partial charge >= 0.3 is 6.03 Å². The predicted molar refractivity (Wildman–Crippen MR) is 122 cm³/mol. The molecule has 3 aliphatic rings. The van der Waals surface area contributed by atoms with Crippen molar-refractivity contribution >= 4 is 21.6 Å². The average Bonchev–Trinajstić information content (AvgIpc) is 3.51. The summed E-state index contributed by atoms with van der Waals surface area (Å²) >= 11 is 0. The molecule has 0 spiro atoms. The highest BCUT2D eigenvalue weighted by Gasteiger charge is 2.39. The van der Waals surface area contributed by atoms with Crippen molar-refractivity contribution in [3.8, 4) is 5.88 Å². The summed E-state index contributed by atoms with van der Waals surface area (Å²) in [6.07, 6.45) is 6.09. The molecule has 2 aliphatic carbocycles. The zero-order valence-electron chi connectivity index (χ0n) is 18.8. The highest BCUT2D eigenvalue weighted by Crippen LogP contribution is 2.44. The molecule has 2 heterocycles. The second-order valence-electron chi connectivity index (χ2n) is 9.28. The van der Waals surface area contributed by atoms with Gasteiger partial charge in [-0.25, -0.2) is 18.8 Å². The van der Waals surface area contributed by atoms with E-state index >= 15 is 0 Å². The minimum Gasteiger partial charge on any atom is -0.466 e. The van der Waals surface area contributed by atoms with Crippen molar-refractivity contribution in [3.63, 3.8) is 0 Å². The zero-order valence-corrected chi connectivity index (χ0v) is 19.6. The van der Waals surface area contributed by atoms with Gasteiger partial charge in [-0.15, -0.1) is 4.36 Å². The number of carbonyl (C=O) groups is 1. The highest BCUT2D eigenvalue weighted by molar-refractivity contribution is 7.91. The van der Waals surface area contributed by atoms with Crippen molar-refractivity contribution in [2.75, 3.05) is 25.6 Å². The Morgan fingerprint density at radius 1 is 1.45 bits per heavy atom. The lowest BCUT2D eigenvalue weighted by atomic mass is 9.94. The summed E-state index contributed by atoms with van der Waals surface area (Å²) < 4.78 is 29.8. The molecule has 3 atom stereocenters. The van der Waals surface area contributed by atoms with Crippen LogP contribution >= 0.6 is 0 Å². The van der Waals surface area contributed by atoms with E-state index in [2.05, 4.69) is 20.8 Å². The zero-order chi connectivity index (χ0) is 23.4. The van der Waals surface area contributed by atoms with Crippen LogP contribution in [-0.2, 0) is 40.5 Å². The molecule has 4 N–H and O–H groups in total. The smallest absolute Gasteiger partial charge is 0.354 e. The quantitative estimate of drug-likeness (QED) is 0.605. The fraction of sp³-hybridized carbons (Fsp3) is 0.545. The van der Waals surface area contributed by atoms with Crippen molar-refractivity contribution < 1.29 is 23.6 Å². The van der Waals surface area contributed by atoms with Crippen molar-refractivity contribution in [1.82, 2.24) is 9.78 Å². The van der Waals surface area contributed by atoms with Crippen LogP contribution in [0.15, 0.2) is 21.5 Å². The summed E-state index contributed by atoms with van der Waals surface area (Å²) in [7, 11) is -1.95. The number of carbonyl (C=O) groups excluding carboxylic acids is 1. The van der Waals surface area contributed by atoms with E-state index < -0.39 is 21.5 Å². The normalized spacial score (nSPS) is 24.5. The van der Waals surface area contributed by atoms with Gasteiger partial charge in [0.1, 0.15) is 4.90 Å². The lowest BCUT2D eigenvalue weighted by molar-refractivity contribution is 0.0399. The standard InChI is InChI=1S/C22H29N5O5S/c1-22(12-28)11-27-20(32-22)17(9-24-27)33(23,30)26-21(29)25-19-16-5-3-4-13(16)8-14-6-7-15(10-31-2)18(14)19/h8-9,15,28H,3-7,10-12H2,1-2H3,(H3,23,25,26,29,30)/t15-,22+,33?/m0/s1. The summed E-state index contributed by atoms with van der Waals surface area (Å²) in [5, 5.41) is 22.6. The van der Waals surface area contributed by atoms with E-state index in [1.165, 1.54) is 22.0 Å². The number of hydrogen-bond acceptors (Lipinski definition) is 6. The molecule has 0 saturated heterocycles. The molecule has 10 nitrogen and oxygen atoms in total. The minimum atomic E-state index is -3.62. The maximum atomic E-state index is 13.3. The van der Waals surface area contributed by atoms with E-state index in [1.807, 2.05) is 0 Å². The van der Waals surface area contributed by atoms with Gasteiger partial charge in [-0.3, -0.25) is 0 Å². The number of hydrogen-bond donors (Lipinski definition) is 3. The summed E-state index contributed by atoms with van der Waals surface area (Å²) in [4.78, 5) is 13.0. The number of anilines is 1. The van der Waals surface area contributed by atoms with Crippen LogP contribution in [-0.4, -0.2) is 51.1 Å². The Bertz CT molecular complexity index is 1250. The predicted octanol–water partition coefficient (Wildman–Crippen LogP) is 2.12. The Morgan fingerprint density at radius 3 is 3.03 bits per heavy atom. The fourth-order valence-corrected chi connectivity index (χ4v) is 6.21. The third-order valence-electron chi connectivity index (χ3n) is 6.75. The van der Waals surface area contributed by atoms with E-state index in [0.29, 0.717) is 6.61 Å². The molecule has 1 unspecified atom stereocenters. The van der Waals surface area contributed by atoms with Crippen LogP contribution < -0.4 is 15.2 Å². The minimum absolute atomic E-state index is 0.0376. The number of nitrogens with one attached hydrogen (secondary N) is 1. The summed E-state index contributed by atoms with van der Waals surface area (Å²) in [5.41, 5.74) is 4.58. The molecule has 178 valence electrons. The third kappa shape index (κ3) is 3.82. The van der Waals surface area contributed by atoms with Crippen LogP contribution in [0.1, 0.15) is 47.9 Å².